The molecule has 2 aromatic carbocycles. The molecule has 2 aromatic rings. The Morgan fingerprint density at radius 1 is 1.12 bits per heavy atom. The van der Waals surface area contributed by atoms with Crippen LogP contribution in [0.25, 0.3) is 0 Å². The van der Waals surface area contributed by atoms with Crippen LogP contribution in [0.3, 0.4) is 0 Å². The second kappa shape index (κ2) is 11.2. The number of nitro benzene ring substituents is 1. The number of nitrogens with one attached hydrogen (secondary N) is 2. The smallest absolute Gasteiger partial charge is 0.293 e. The quantitative estimate of drug-likeness (QED) is 0.384. The van der Waals surface area contributed by atoms with Crippen LogP contribution in [0.1, 0.15) is 18.4 Å². The number of rotatable bonds is 10. The zero-order valence-electron chi connectivity index (χ0n) is 19.1. The zero-order chi connectivity index (χ0) is 24.9. The molecule has 0 aromatic heterocycles. The van der Waals surface area contributed by atoms with Gasteiger partial charge in [-0.1, -0.05) is 6.07 Å². The van der Waals surface area contributed by atoms with Gasteiger partial charge in [-0.25, -0.2) is 21.9 Å². The van der Waals surface area contributed by atoms with Crippen molar-refractivity contribution in [2.24, 2.45) is 0 Å². The molecule has 1 saturated heterocycles. The summed E-state index contributed by atoms with van der Waals surface area (Å²) in [5, 5.41) is 14.8. The molecule has 0 amide bonds. The van der Waals surface area contributed by atoms with E-state index in [4.69, 9.17) is 0 Å². The largest absolute Gasteiger partial charge is 0.377 e. The topological polar surface area (TPSA) is 108 Å². The summed E-state index contributed by atoms with van der Waals surface area (Å²) < 4.78 is 54.0. The number of piperidine rings is 1. The summed E-state index contributed by atoms with van der Waals surface area (Å²) in [5.41, 5.74) is 0.632. The fraction of sp³-hybridized carbons (Fsp3) is 0.455. The third-order valence-corrected chi connectivity index (χ3v) is 7.12. The van der Waals surface area contributed by atoms with E-state index in [0.29, 0.717) is 44.6 Å². The monoisotopic (exact) mass is 497 g/mol. The molecule has 1 heterocycles. The van der Waals surface area contributed by atoms with E-state index < -0.39 is 26.6 Å². The number of nitro groups is 1. The van der Waals surface area contributed by atoms with Crippen molar-refractivity contribution >= 4 is 21.4 Å². The van der Waals surface area contributed by atoms with Crippen molar-refractivity contribution in [1.29, 1.82) is 0 Å². The first-order valence-corrected chi connectivity index (χ1v) is 12.4. The van der Waals surface area contributed by atoms with E-state index in [1.165, 1.54) is 18.2 Å². The standard InChI is InChI=1S/C22H29F2N5O4S/c1-27(2)12-9-25-34(32,33)18-4-6-21(22(14-18)29(30)31)26-17-7-10-28(11-8-17)15-16-3-5-19(23)20(24)13-16/h3-6,13-14,17,25-26H,7-12,15H2,1-2H3. The molecule has 2 N–H and O–H groups in total. The maximum absolute atomic E-state index is 13.4. The first-order valence-electron chi connectivity index (χ1n) is 10.9. The summed E-state index contributed by atoms with van der Waals surface area (Å²) in [6.45, 7) is 2.51. The molecule has 1 aliphatic heterocycles. The van der Waals surface area contributed by atoms with E-state index in [-0.39, 0.29) is 28.9 Å². The van der Waals surface area contributed by atoms with Crippen molar-refractivity contribution in [3.8, 4) is 0 Å². The normalized spacial score (nSPS) is 15.6. The maximum Gasteiger partial charge on any atom is 0.293 e. The van der Waals surface area contributed by atoms with Gasteiger partial charge in [0.05, 0.1) is 9.82 Å². The number of halogens is 2. The number of sulfonamides is 1. The molecular formula is C22H29F2N5O4S. The van der Waals surface area contributed by atoms with Gasteiger partial charge in [0.15, 0.2) is 11.6 Å². The highest BCUT2D eigenvalue weighted by molar-refractivity contribution is 7.89. The Hall–Kier alpha value is -2.67. The Morgan fingerprint density at radius 3 is 2.44 bits per heavy atom. The minimum absolute atomic E-state index is 0.0411. The van der Waals surface area contributed by atoms with E-state index in [9.17, 15) is 27.3 Å². The average Bonchev–Trinajstić information content (AvgIpc) is 2.77. The Balaban J connectivity index is 1.62. The predicted octanol–water partition coefficient (Wildman–Crippen LogP) is 2.79. The zero-order valence-corrected chi connectivity index (χ0v) is 19.9. The van der Waals surface area contributed by atoms with E-state index in [1.807, 2.05) is 19.0 Å². The van der Waals surface area contributed by atoms with Crippen LogP contribution in [0.2, 0.25) is 0 Å². The van der Waals surface area contributed by atoms with Crippen LogP contribution >= 0.6 is 0 Å². The summed E-state index contributed by atoms with van der Waals surface area (Å²) >= 11 is 0. The summed E-state index contributed by atoms with van der Waals surface area (Å²) in [5.74, 6) is -1.75. The molecule has 34 heavy (non-hydrogen) atoms. The van der Waals surface area contributed by atoms with Crippen molar-refractivity contribution in [3.63, 3.8) is 0 Å². The highest BCUT2D eigenvalue weighted by Gasteiger charge is 2.25. The van der Waals surface area contributed by atoms with Crippen molar-refractivity contribution in [3.05, 3.63) is 63.7 Å². The fourth-order valence-electron chi connectivity index (χ4n) is 3.79. The van der Waals surface area contributed by atoms with Gasteiger partial charge in [0.25, 0.3) is 5.69 Å². The lowest BCUT2D eigenvalue weighted by molar-refractivity contribution is -0.384. The number of likely N-dealkylation sites (N-methyl/N-ethyl adjacent to an activating group) is 1. The van der Waals surface area contributed by atoms with Crippen LogP contribution in [0.15, 0.2) is 41.3 Å². The molecule has 12 heteroatoms. The summed E-state index contributed by atoms with van der Waals surface area (Å²) in [6.07, 6.45) is 1.37. The second-order valence-corrected chi connectivity index (χ2v) is 10.3. The van der Waals surface area contributed by atoms with Gasteiger partial charge in [0.1, 0.15) is 5.69 Å². The van der Waals surface area contributed by atoms with E-state index in [1.54, 1.807) is 6.07 Å². The Labute approximate surface area is 197 Å². The summed E-state index contributed by atoms with van der Waals surface area (Å²) in [6, 6.07) is 7.65. The number of likely N-dealkylation sites (tertiary alicyclic amines) is 1. The predicted molar refractivity (Wildman–Crippen MR) is 125 cm³/mol. The minimum atomic E-state index is -3.87. The molecule has 186 valence electrons. The van der Waals surface area contributed by atoms with Gasteiger partial charge in [-0.15, -0.1) is 0 Å². The lowest BCUT2D eigenvalue weighted by Gasteiger charge is -2.32. The number of benzene rings is 2. The molecule has 1 fully saturated rings. The van der Waals surface area contributed by atoms with E-state index >= 15 is 0 Å². The van der Waals surface area contributed by atoms with Gasteiger partial charge >= 0.3 is 0 Å². The van der Waals surface area contributed by atoms with Crippen LogP contribution in [-0.4, -0.2) is 69.5 Å². The molecule has 0 aliphatic carbocycles. The molecule has 1 aliphatic rings. The molecular weight excluding hydrogens is 468 g/mol. The van der Waals surface area contributed by atoms with Crippen LogP contribution in [0.4, 0.5) is 20.2 Å². The Kier molecular flexibility index (Phi) is 8.52. The second-order valence-electron chi connectivity index (χ2n) is 8.58. The number of nitrogens with zero attached hydrogens (tertiary/aromatic N) is 3. The Bertz CT molecular complexity index is 1120. The van der Waals surface area contributed by atoms with Crippen LogP contribution in [0.5, 0.6) is 0 Å². The number of hydrogen-bond donors (Lipinski definition) is 2. The van der Waals surface area contributed by atoms with Gasteiger partial charge in [-0.2, -0.15) is 0 Å². The van der Waals surface area contributed by atoms with Gasteiger partial charge in [0.2, 0.25) is 10.0 Å². The molecule has 0 unspecified atom stereocenters. The van der Waals surface area contributed by atoms with Gasteiger partial charge < -0.3 is 10.2 Å². The van der Waals surface area contributed by atoms with Crippen LogP contribution in [0, 0.1) is 21.7 Å². The lowest BCUT2D eigenvalue weighted by Crippen LogP contribution is -2.38. The number of anilines is 1. The molecule has 0 spiro atoms. The van der Waals surface area contributed by atoms with Crippen molar-refractivity contribution in [2.45, 2.75) is 30.3 Å². The molecule has 0 bridgehead atoms. The lowest BCUT2D eigenvalue weighted by atomic mass is 10.0. The van der Waals surface area contributed by atoms with E-state index in [2.05, 4.69) is 14.9 Å². The van der Waals surface area contributed by atoms with E-state index in [0.717, 1.165) is 12.1 Å². The third-order valence-electron chi connectivity index (χ3n) is 5.66. The first-order chi connectivity index (χ1) is 16.0. The Morgan fingerprint density at radius 2 is 1.82 bits per heavy atom. The van der Waals surface area contributed by atoms with Crippen LogP contribution < -0.4 is 10.0 Å². The first kappa shape index (κ1) is 25.9. The average molecular weight is 498 g/mol. The highest BCUT2D eigenvalue weighted by atomic mass is 32.2. The van der Waals surface area contributed by atoms with Gasteiger partial charge in [-0.3, -0.25) is 15.0 Å². The van der Waals surface area contributed by atoms with Crippen molar-refractivity contribution < 1.29 is 22.1 Å². The highest BCUT2D eigenvalue weighted by Crippen LogP contribution is 2.29. The van der Waals surface area contributed by atoms with Crippen LogP contribution in [-0.2, 0) is 16.6 Å². The molecule has 9 nitrogen and oxygen atoms in total. The van der Waals surface area contributed by atoms with Crippen molar-refractivity contribution in [2.75, 3.05) is 45.6 Å². The summed E-state index contributed by atoms with van der Waals surface area (Å²) in [4.78, 5) is 14.8. The van der Waals surface area contributed by atoms with Crippen molar-refractivity contribution in [1.82, 2.24) is 14.5 Å². The minimum Gasteiger partial charge on any atom is -0.377 e. The molecule has 0 saturated carbocycles. The third kappa shape index (κ3) is 6.92. The van der Waals surface area contributed by atoms with Gasteiger partial charge in [0, 0.05) is 44.8 Å². The molecule has 0 radical (unpaired) electrons. The fourth-order valence-corrected chi connectivity index (χ4v) is 4.83. The molecule has 3 rings (SSSR count). The van der Waals surface area contributed by atoms with Gasteiger partial charge in [-0.05, 0) is 56.8 Å². The SMILES string of the molecule is CN(C)CCNS(=O)(=O)c1ccc(NC2CCN(Cc3ccc(F)c(F)c3)CC2)c([N+](=O)[O-])c1. The number of hydrogen-bond acceptors (Lipinski definition) is 7. The summed E-state index contributed by atoms with van der Waals surface area (Å²) in [7, 11) is -0.246. The maximum atomic E-state index is 13.4. The molecule has 0 atom stereocenters.